The van der Waals surface area contributed by atoms with Gasteiger partial charge in [-0.05, 0) is 43.5 Å². The standard InChI is InChI=1S/C16H25N3O/c1-18(10-5-9-17)16(20)13-19-11-4-8-14-6-2-3-7-15(14)12-19/h2-3,6-7H,4-5,8-13,17H2,1H3. The van der Waals surface area contributed by atoms with E-state index in [9.17, 15) is 4.79 Å². The summed E-state index contributed by atoms with van der Waals surface area (Å²) in [6.07, 6.45) is 3.10. The van der Waals surface area contributed by atoms with Crippen LogP contribution in [0.25, 0.3) is 0 Å². The molecule has 1 amide bonds. The molecule has 0 atom stereocenters. The Kier molecular flexibility index (Phi) is 5.56. The fraction of sp³-hybridized carbons (Fsp3) is 0.562. The number of nitrogens with two attached hydrogens (primary N) is 1. The molecule has 4 heteroatoms. The third-order valence-corrected chi connectivity index (χ3v) is 3.92. The maximum absolute atomic E-state index is 12.2. The van der Waals surface area contributed by atoms with Crippen LogP contribution in [-0.2, 0) is 17.8 Å². The number of benzene rings is 1. The Labute approximate surface area is 121 Å². The lowest BCUT2D eigenvalue weighted by Crippen LogP contribution is -2.39. The van der Waals surface area contributed by atoms with Crippen LogP contribution in [0.4, 0.5) is 0 Å². The highest BCUT2D eigenvalue weighted by Gasteiger charge is 2.18. The SMILES string of the molecule is CN(CCCN)C(=O)CN1CCCc2ccccc2C1. The van der Waals surface area contributed by atoms with Gasteiger partial charge >= 0.3 is 0 Å². The minimum absolute atomic E-state index is 0.192. The summed E-state index contributed by atoms with van der Waals surface area (Å²) in [5.41, 5.74) is 8.28. The van der Waals surface area contributed by atoms with E-state index in [1.54, 1.807) is 4.90 Å². The molecular formula is C16H25N3O. The number of carbonyl (C=O) groups excluding carboxylic acids is 1. The van der Waals surface area contributed by atoms with Crippen LogP contribution in [0.2, 0.25) is 0 Å². The Morgan fingerprint density at radius 2 is 2.10 bits per heavy atom. The molecule has 2 rings (SSSR count). The molecule has 1 aliphatic heterocycles. The molecule has 4 nitrogen and oxygen atoms in total. The van der Waals surface area contributed by atoms with Gasteiger partial charge in [0.1, 0.15) is 0 Å². The Morgan fingerprint density at radius 3 is 2.85 bits per heavy atom. The first-order valence-corrected chi connectivity index (χ1v) is 7.44. The monoisotopic (exact) mass is 275 g/mol. The van der Waals surface area contributed by atoms with E-state index in [0.717, 1.165) is 38.9 Å². The lowest BCUT2D eigenvalue weighted by Gasteiger charge is -2.24. The van der Waals surface area contributed by atoms with Crippen LogP contribution >= 0.6 is 0 Å². The average Bonchev–Trinajstić information content (AvgIpc) is 2.66. The molecule has 0 aliphatic carbocycles. The van der Waals surface area contributed by atoms with Crippen molar-refractivity contribution in [2.45, 2.75) is 25.8 Å². The fourth-order valence-electron chi connectivity index (χ4n) is 2.67. The second-order valence-corrected chi connectivity index (χ2v) is 5.54. The summed E-state index contributed by atoms with van der Waals surface area (Å²) in [6.45, 7) is 3.77. The summed E-state index contributed by atoms with van der Waals surface area (Å²) in [5.74, 6) is 0.192. The molecule has 1 aliphatic rings. The number of nitrogens with zero attached hydrogens (tertiary/aromatic N) is 2. The predicted octanol–water partition coefficient (Wildman–Crippen LogP) is 1.24. The molecule has 0 unspecified atom stereocenters. The second-order valence-electron chi connectivity index (χ2n) is 5.54. The molecule has 1 aromatic carbocycles. The van der Waals surface area contributed by atoms with Crippen LogP contribution in [0, 0.1) is 0 Å². The zero-order valence-corrected chi connectivity index (χ0v) is 12.3. The van der Waals surface area contributed by atoms with Crippen LogP contribution in [0.3, 0.4) is 0 Å². The quantitative estimate of drug-likeness (QED) is 0.879. The van der Waals surface area contributed by atoms with E-state index in [2.05, 4.69) is 29.2 Å². The van der Waals surface area contributed by atoms with Crippen molar-refractivity contribution in [1.29, 1.82) is 0 Å². The van der Waals surface area contributed by atoms with E-state index in [1.807, 2.05) is 7.05 Å². The molecule has 0 saturated carbocycles. The first-order chi connectivity index (χ1) is 9.70. The van der Waals surface area contributed by atoms with Crippen molar-refractivity contribution in [3.8, 4) is 0 Å². The highest BCUT2D eigenvalue weighted by Crippen LogP contribution is 2.18. The van der Waals surface area contributed by atoms with Gasteiger partial charge in [0, 0.05) is 20.1 Å². The Morgan fingerprint density at radius 1 is 1.35 bits per heavy atom. The van der Waals surface area contributed by atoms with E-state index in [-0.39, 0.29) is 5.91 Å². The Balaban J connectivity index is 1.92. The molecule has 110 valence electrons. The molecule has 0 fully saturated rings. The van der Waals surface area contributed by atoms with Gasteiger partial charge in [-0.2, -0.15) is 0 Å². The average molecular weight is 275 g/mol. The summed E-state index contributed by atoms with van der Waals surface area (Å²) in [4.78, 5) is 16.2. The number of rotatable bonds is 5. The molecule has 1 heterocycles. The van der Waals surface area contributed by atoms with Gasteiger partial charge in [0.2, 0.25) is 5.91 Å². The predicted molar refractivity (Wildman–Crippen MR) is 81.3 cm³/mol. The molecule has 0 bridgehead atoms. The minimum Gasteiger partial charge on any atom is -0.345 e. The lowest BCUT2D eigenvalue weighted by molar-refractivity contribution is -0.131. The number of aryl methyl sites for hydroxylation is 1. The van der Waals surface area contributed by atoms with E-state index in [0.29, 0.717) is 13.1 Å². The molecular weight excluding hydrogens is 250 g/mol. The molecule has 0 aromatic heterocycles. The van der Waals surface area contributed by atoms with Gasteiger partial charge in [-0.1, -0.05) is 24.3 Å². The first kappa shape index (κ1) is 15.0. The van der Waals surface area contributed by atoms with Crippen molar-refractivity contribution in [3.05, 3.63) is 35.4 Å². The third kappa shape index (κ3) is 4.05. The maximum atomic E-state index is 12.2. The van der Waals surface area contributed by atoms with Crippen LogP contribution in [0.5, 0.6) is 0 Å². The number of fused-ring (bicyclic) bond motifs is 1. The highest BCUT2D eigenvalue weighted by molar-refractivity contribution is 5.78. The lowest BCUT2D eigenvalue weighted by atomic mass is 10.0. The molecule has 1 aromatic rings. The van der Waals surface area contributed by atoms with Crippen molar-refractivity contribution in [1.82, 2.24) is 9.80 Å². The van der Waals surface area contributed by atoms with Gasteiger partial charge in [0.15, 0.2) is 0 Å². The molecule has 0 saturated heterocycles. The van der Waals surface area contributed by atoms with Crippen LogP contribution < -0.4 is 5.73 Å². The number of hydrogen-bond donors (Lipinski definition) is 1. The molecule has 0 spiro atoms. The zero-order valence-electron chi connectivity index (χ0n) is 12.3. The van der Waals surface area contributed by atoms with Crippen LogP contribution in [0.1, 0.15) is 24.0 Å². The first-order valence-electron chi connectivity index (χ1n) is 7.44. The van der Waals surface area contributed by atoms with E-state index >= 15 is 0 Å². The molecule has 2 N–H and O–H groups in total. The van der Waals surface area contributed by atoms with Crippen molar-refractivity contribution >= 4 is 5.91 Å². The van der Waals surface area contributed by atoms with Gasteiger partial charge in [-0.3, -0.25) is 9.69 Å². The molecule has 0 radical (unpaired) electrons. The highest BCUT2D eigenvalue weighted by atomic mass is 16.2. The summed E-state index contributed by atoms with van der Waals surface area (Å²) >= 11 is 0. The topological polar surface area (TPSA) is 49.6 Å². The normalized spacial score (nSPS) is 15.5. The van der Waals surface area contributed by atoms with Gasteiger partial charge in [-0.15, -0.1) is 0 Å². The van der Waals surface area contributed by atoms with Crippen molar-refractivity contribution in [3.63, 3.8) is 0 Å². The van der Waals surface area contributed by atoms with E-state index in [4.69, 9.17) is 5.73 Å². The molecule has 20 heavy (non-hydrogen) atoms. The summed E-state index contributed by atoms with van der Waals surface area (Å²) in [7, 11) is 1.86. The Bertz CT molecular complexity index is 447. The van der Waals surface area contributed by atoms with Crippen LogP contribution in [0.15, 0.2) is 24.3 Å². The van der Waals surface area contributed by atoms with Crippen molar-refractivity contribution < 1.29 is 4.79 Å². The third-order valence-electron chi connectivity index (χ3n) is 3.92. The smallest absolute Gasteiger partial charge is 0.236 e. The number of likely N-dealkylation sites (N-methyl/N-ethyl adjacent to an activating group) is 1. The van der Waals surface area contributed by atoms with E-state index < -0.39 is 0 Å². The summed E-state index contributed by atoms with van der Waals surface area (Å²) in [6, 6.07) is 8.56. The maximum Gasteiger partial charge on any atom is 0.236 e. The van der Waals surface area contributed by atoms with Crippen molar-refractivity contribution in [2.75, 3.05) is 33.2 Å². The number of carbonyl (C=O) groups is 1. The summed E-state index contributed by atoms with van der Waals surface area (Å²) < 4.78 is 0. The fourth-order valence-corrected chi connectivity index (χ4v) is 2.67. The van der Waals surface area contributed by atoms with Gasteiger partial charge in [0.25, 0.3) is 0 Å². The number of hydrogen-bond acceptors (Lipinski definition) is 3. The zero-order chi connectivity index (χ0) is 14.4. The van der Waals surface area contributed by atoms with Gasteiger partial charge in [0.05, 0.1) is 6.54 Å². The van der Waals surface area contributed by atoms with Gasteiger partial charge < -0.3 is 10.6 Å². The van der Waals surface area contributed by atoms with Crippen molar-refractivity contribution in [2.24, 2.45) is 5.73 Å². The number of amides is 1. The Hall–Kier alpha value is -1.39. The second kappa shape index (κ2) is 7.41. The van der Waals surface area contributed by atoms with Gasteiger partial charge in [-0.25, -0.2) is 0 Å². The van der Waals surface area contributed by atoms with Crippen LogP contribution in [-0.4, -0.2) is 48.9 Å². The minimum atomic E-state index is 0.192. The largest absolute Gasteiger partial charge is 0.345 e. The van der Waals surface area contributed by atoms with E-state index in [1.165, 1.54) is 11.1 Å². The summed E-state index contributed by atoms with van der Waals surface area (Å²) in [5, 5.41) is 0.